The van der Waals surface area contributed by atoms with Crippen molar-refractivity contribution in [1.29, 1.82) is 0 Å². The summed E-state index contributed by atoms with van der Waals surface area (Å²) in [5.74, 6) is 0. The molecule has 0 radical (unpaired) electrons. The molecule has 0 bridgehead atoms. The average Bonchev–Trinajstić information content (AvgIpc) is 2.12. The molecule has 1 aliphatic heterocycles. The van der Waals surface area contributed by atoms with Crippen LogP contribution in [0, 0.1) is 0 Å². The first kappa shape index (κ1) is 8.67. The molecule has 0 unspecified atom stereocenters. The molecule has 0 spiro atoms. The van der Waals surface area contributed by atoms with E-state index in [4.69, 9.17) is 9.79 Å². The van der Waals surface area contributed by atoms with Crippen LogP contribution in [-0.2, 0) is 9.36 Å². The van der Waals surface area contributed by atoms with Crippen molar-refractivity contribution >= 4 is 14.0 Å². The van der Waals surface area contributed by atoms with E-state index in [9.17, 15) is 4.79 Å². The minimum absolute atomic E-state index is 0.226. The van der Waals surface area contributed by atoms with E-state index in [2.05, 4.69) is 9.36 Å². The Hall–Kier alpha value is -0.420. The quantitative estimate of drug-likeness (QED) is 0.563. The Morgan fingerprint density at radius 2 is 2.36 bits per heavy atom. The average molecular weight is 183 g/mol. The van der Waals surface area contributed by atoms with E-state index in [1.165, 1.54) is 0 Å². The summed E-state index contributed by atoms with van der Waals surface area (Å²) in [5.41, 5.74) is 0. The van der Waals surface area contributed by atoms with Gasteiger partial charge in [-0.2, -0.15) is 0 Å². The number of hydrogen-bond acceptors (Lipinski definition) is 5. The van der Waals surface area contributed by atoms with Gasteiger partial charge in [0.15, 0.2) is 0 Å². The molecule has 11 heavy (non-hydrogen) atoms. The third kappa shape index (κ3) is 2.59. The third-order valence-corrected chi connectivity index (χ3v) is 1.57. The Morgan fingerprint density at radius 3 is 2.73 bits per heavy atom. The zero-order valence-electron chi connectivity index (χ0n) is 5.98. The molecule has 6 nitrogen and oxygen atoms in total. The van der Waals surface area contributed by atoms with Crippen molar-refractivity contribution in [2.45, 2.75) is 0 Å². The number of hydroxylamine groups is 2. The van der Waals surface area contributed by atoms with Gasteiger partial charge in [-0.15, -0.1) is 0 Å². The van der Waals surface area contributed by atoms with Crippen LogP contribution < -0.4 is 0 Å². The fourth-order valence-corrected chi connectivity index (χ4v) is 1.25. The van der Waals surface area contributed by atoms with Gasteiger partial charge in [0, 0.05) is 0 Å². The Bertz CT molecular complexity index is 166. The number of carbonyl (C=O) groups is 1. The van der Waals surface area contributed by atoms with Crippen LogP contribution in [0.3, 0.4) is 0 Å². The SMILES string of the molecule is C[PH](O)(O)ON1CCOC1=O. The number of nitrogens with zero attached hydrogens (tertiary/aromatic N) is 1. The monoisotopic (exact) mass is 183 g/mol. The van der Waals surface area contributed by atoms with Crippen LogP contribution in [-0.4, -0.2) is 40.8 Å². The molecule has 0 saturated carbocycles. The van der Waals surface area contributed by atoms with Gasteiger partial charge in [0.2, 0.25) is 0 Å². The van der Waals surface area contributed by atoms with Crippen LogP contribution in [0.1, 0.15) is 0 Å². The molecular formula is C4H10NO5P. The Kier molecular flexibility index (Phi) is 2.29. The van der Waals surface area contributed by atoms with Crippen LogP contribution in [0.25, 0.3) is 0 Å². The summed E-state index contributed by atoms with van der Waals surface area (Å²) in [6, 6.07) is 0. The zero-order chi connectivity index (χ0) is 8.48. The van der Waals surface area contributed by atoms with Crippen LogP contribution in [0.2, 0.25) is 0 Å². The summed E-state index contributed by atoms with van der Waals surface area (Å²) in [6.07, 6.45) is -0.674. The predicted molar refractivity (Wildman–Crippen MR) is 37.8 cm³/mol. The number of amides is 1. The van der Waals surface area contributed by atoms with Gasteiger partial charge in [-0.1, -0.05) is 0 Å². The summed E-state index contributed by atoms with van der Waals surface area (Å²) in [5, 5.41) is 0.812. The van der Waals surface area contributed by atoms with Crippen molar-refractivity contribution in [3.63, 3.8) is 0 Å². The number of carbonyl (C=O) groups excluding carboxylic acids is 1. The van der Waals surface area contributed by atoms with Crippen LogP contribution in [0.5, 0.6) is 0 Å². The van der Waals surface area contributed by atoms with Crippen molar-refractivity contribution in [3.8, 4) is 0 Å². The molecule has 0 atom stereocenters. The van der Waals surface area contributed by atoms with Crippen LogP contribution in [0.4, 0.5) is 4.79 Å². The van der Waals surface area contributed by atoms with Gasteiger partial charge in [0.25, 0.3) is 0 Å². The number of cyclic esters (lactones) is 1. The fraction of sp³-hybridized carbons (Fsp3) is 0.750. The summed E-state index contributed by atoms with van der Waals surface area (Å²) < 4.78 is 8.99. The molecule has 0 aromatic carbocycles. The molecule has 1 fully saturated rings. The second kappa shape index (κ2) is 2.91. The van der Waals surface area contributed by atoms with Gasteiger partial charge in [-0.3, -0.25) is 0 Å². The van der Waals surface area contributed by atoms with E-state index < -0.39 is 14.0 Å². The summed E-state index contributed by atoms with van der Waals surface area (Å²) >= 11 is 0. The Morgan fingerprint density at radius 1 is 1.73 bits per heavy atom. The topological polar surface area (TPSA) is 79.2 Å². The first-order chi connectivity index (χ1) is 4.99. The summed E-state index contributed by atoms with van der Waals surface area (Å²) in [6.45, 7) is 1.60. The predicted octanol–water partition coefficient (Wildman–Crippen LogP) is -0.520. The zero-order valence-corrected chi connectivity index (χ0v) is 6.98. The molecule has 1 amide bonds. The van der Waals surface area contributed by atoms with E-state index in [-0.39, 0.29) is 13.2 Å². The van der Waals surface area contributed by atoms with E-state index >= 15 is 0 Å². The molecule has 1 saturated heterocycles. The number of hydrogen-bond donors (Lipinski definition) is 2. The van der Waals surface area contributed by atoms with Crippen LogP contribution >= 0.6 is 7.94 Å². The molecule has 1 heterocycles. The fourth-order valence-electron chi connectivity index (χ4n) is 0.671. The minimum atomic E-state index is -3.64. The first-order valence-corrected chi connectivity index (χ1v) is 5.37. The Labute approximate surface area is 63.9 Å². The third-order valence-electron chi connectivity index (χ3n) is 1.01. The first-order valence-electron chi connectivity index (χ1n) is 3.07. The van der Waals surface area contributed by atoms with Crippen molar-refractivity contribution in [1.82, 2.24) is 5.06 Å². The second-order valence-electron chi connectivity index (χ2n) is 2.24. The van der Waals surface area contributed by atoms with Gasteiger partial charge in [-0.25, -0.2) is 0 Å². The molecule has 0 aromatic heterocycles. The van der Waals surface area contributed by atoms with Gasteiger partial charge < -0.3 is 0 Å². The number of rotatable bonds is 2. The van der Waals surface area contributed by atoms with E-state index in [1.54, 1.807) is 0 Å². The van der Waals surface area contributed by atoms with Crippen molar-refractivity contribution in [2.24, 2.45) is 0 Å². The van der Waals surface area contributed by atoms with Gasteiger partial charge >= 0.3 is 62.9 Å². The Balaban J connectivity index is 2.43. The van der Waals surface area contributed by atoms with E-state index in [1.807, 2.05) is 0 Å². The van der Waals surface area contributed by atoms with Gasteiger partial charge in [0.1, 0.15) is 0 Å². The standard InChI is InChI=1S/C4H10NO5P/c1-11(7,8)10-5-2-3-9-4(5)6/h7-8,11H,2-3H2,1H3. The molecule has 1 rings (SSSR count). The van der Waals surface area contributed by atoms with Gasteiger partial charge in [-0.05, 0) is 0 Å². The molecule has 0 aromatic rings. The van der Waals surface area contributed by atoms with Crippen LogP contribution in [0.15, 0.2) is 0 Å². The maximum absolute atomic E-state index is 10.6. The van der Waals surface area contributed by atoms with Crippen molar-refractivity contribution in [2.75, 3.05) is 19.8 Å². The second-order valence-corrected chi connectivity index (χ2v) is 4.29. The van der Waals surface area contributed by atoms with Gasteiger partial charge in [0.05, 0.1) is 0 Å². The summed E-state index contributed by atoms with van der Waals surface area (Å²) in [7, 11) is -3.64. The van der Waals surface area contributed by atoms with Crippen molar-refractivity contribution < 1.29 is 23.9 Å². The molecule has 66 valence electrons. The van der Waals surface area contributed by atoms with E-state index in [0.717, 1.165) is 11.7 Å². The molecule has 1 aliphatic rings. The number of ether oxygens (including phenoxy) is 1. The van der Waals surface area contributed by atoms with Crippen molar-refractivity contribution in [3.05, 3.63) is 0 Å². The summed E-state index contributed by atoms with van der Waals surface area (Å²) in [4.78, 5) is 28.3. The van der Waals surface area contributed by atoms with E-state index in [0.29, 0.717) is 0 Å². The normalized spacial score (nSPS) is 20.3. The molecule has 2 N–H and O–H groups in total. The molecular weight excluding hydrogens is 173 g/mol. The molecule has 7 heteroatoms. The maximum atomic E-state index is 10.6. The molecule has 0 aliphatic carbocycles.